The largest absolute Gasteiger partial charge is 0.356 e. The Labute approximate surface area is 307 Å². The Morgan fingerprint density at radius 3 is 1.19 bits per heavy atom. The van der Waals surface area contributed by atoms with E-state index in [0.29, 0.717) is 27.8 Å². The van der Waals surface area contributed by atoms with Crippen LogP contribution in [0.1, 0.15) is 65.2 Å². The van der Waals surface area contributed by atoms with Crippen LogP contribution in [0.5, 0.6) is 0 Å². The summed E-state index contributed by atoms with van der Waals surface area (Å²) in [5.41, 5.74) is 0.125. The molecule has 2 heterocycles. The van der Waals surface area contributed by atoms with Gasteiger partial charge in [-0.15, -0.1) is 0 Å². The van der Waals surface area contributed by atoms with Crippen molar-refractivity contribution in [2.75, 3.05) is 26.2 Å². The van der Waals surface area contributed by atoms with Crippen LogP contribution in [0.15, 0.2) is 24.3 Å². The van der Waals surface area contributed by atoms with E-state index < -0.39 is 0 Å². The van der Waals surface area contributed by atoms with Gasteiger partial charge < -0.3 is 10.6 Å². The molecular formula is C28H38N4O8P4S4. The summed E-state index contributed by atoms with van der Waals surface area (Å²) in [6.45, 7) is 4.95. The highest BCUT2D eigenvalue weighted by Gasteiger charge is 2.24. The predicted octanol–water partition coefficient (Wildman–Crippen LogP) is 4.04. The average molecular weight is 811 g/mol. The van der Waals surface area contributed by atoms with Crippen molar-refractivity contribution < 1.29 is 38.4 Å². The predicted molar refractivity (Wildman–Crippen MR) is 200 cm³/mol. The lowest BCUT2D eigenvalue weighted by Crippen LogP contribution is -2.34. The van der Waals surface area contributed by atoms with Crippen LogP contribution in [-0.2, 0) is 85.6 Å². The van der Waals surface area contributed by atoms with Crippen LogP contribution in [0, 0.1) is 11.8 Å². The highest BCUT2D eigenvalue weighted by atomic mass is 32.7. The number of rotatable bonds is 21. The van der Waals surface area contributed by atoms with E-state index >= 15 is 0 Å². The van der Waals surface area contributed by atoms with Gasteiger partial charge in [0.1, 0.15) is 0 Å². The van der Waals surface area contributed by atoms with Gasteiger partial charge in [0.25, 0.3) is 23.6 Å². The third kappa shape index (κ3) is 20.6. The van der Waals surface area contributed by atoms with Gasteiger partial charge in [-0.2, -0.15) is 0 Å². The fourth-order valence-electron chi connectivity index (χ4n) is 3.94. The first-order valence-corrected chi connectivity index (χ1v) is 23.2. The number of amides is 6. The molecule has 0 spiro atoms. The smallest absolute Gasteiger partial charge is 0.253 e. The minimum atomic E-state index is -0.377. The molecule has 48 heavy (non-hydrogen) atoms. The zero-order valence-corrected chi connectivity index (χ0v) is 33.4. The van der Waals surface area contributed by atoms with Crippen molar-refractivity contribution in [1.82, 2.24) is 20.4 Å². The van der Waals surface area contributed by atoms with Crippen LogP contribution in [0.25, 0.3) is 0 Å². The summed E-state index contributed by atoms with van der Waals surface area (Å²) in [4.78, 5) is 93.1. The molecule has 6 amide bonds. The maximum atomic E-state index is 11.6. The molecule has 0 radical (unpaired) electrons. The summed E-state index contributed by atoms with van der Waals surface area (Å²) >= 11 is 18.2. The topological polar surface area (TPSA) is 167 Å². The first-order valence-electron chi connectivity index (χ1n) is 14.8. The van der Waals surface area contributed by atoms with E-state index in [4.69, 9.17) is 0 Å². The average Bonchev–Trinajstić information content (AvgIpc) is 3.58. The lowest BCUT2D eigenvalue weighted by molar-refractivity contribution is -0.139. The van der Waals surface area contributed by atoms with Gasteiger partial charge in [-0.3, -0.25) is 48.2 Å². The van der Waals surface area contributed by atoms with Crippen molar-refractivity contribution in [2.45, 2.75) is 65.2 Å². The number of hydrogen-bond acceptors (Lipinski definition) is 12. The summed E-state index contributed by atoms with van der Waals surface area (Å²) in [6, 6.07) is 0. The SMILES string of the molecule is CC(CCCCNC(=O)CCN1C(=O)C=CC1=O)C(=O)P=S.CC(CCCCNC(=O)CCN1C(=O)C=CC1=O)C(=O)P=S.S=PP=S. The maximum absolute atomic E-state index is 11.6. The standard InChI is InChI=1S/2C14H19N2O4PS.P2S2/c2*1-10(14(20)21-22)4-2-3-8-15-11(17)7-9-16-12(18)5-6-13(16)19;3-1-2-4/h2*5-6,10H,2-4,7-9H2,1H3,(H,15,17);. The highest BCUT2D eigenvalue weighted by molar-refractivity contribution is 8.40. The maximum Gasteiger partial charge on any atom is 0.253 e. The summed E-state index contributed by atoms with van der Waals surface area (Å²) in [5, 5.41) is 5.47. The van der Waals surface area contributed by atoms with Crippen molar-refractivity contribution in [1.29, 1.82) is 0 Å². The lowest BCUT2D eigenvalue weighted by atomic mass is 10.1. The van der Waals surface area contributed by atoms with Crippen molar-refractivity contribution in [3.8, 4) is 0 Å². The van der Waals surface area contributed by atoms with Gasteiger partial charge in [0, 0.05) is 89.2 Å². The third-order valence-electron chi connectivity index (χ3n) is 6.75. The van der Waals surface area contributed by atoms with E-state index in [1.165, 1.54) is 24.3 Å². The number of unbranched alkanes of at least 4 members (excludes halogenated alkanes) is 2. The molecule has 2 atom stereocenters. The van der Waals surface area contributed by atoms with E-state index in [2.05, 4.69) is 57.9 Å². The first-order chi connectivity index (χ1) is 22.8. The number of carbonyl (C=O) groups excluding carboxylic acids is 8. The number of carbonyl (C=O) groups is 8. The van der Waals surface area contributed by atoms with Crippen LogP contribution in [0.4, 0.5) is 0 Å². The molecule has 2 aliphatic rings. The molecule has 0 bridgehead atoms. The Kier molecular flexibility index (Phi) is 26.8. The van der Waals surface area contributed by atoms with Gasteiger partial charge in [-0.05, 0) is 72.9 Å². The quantitative estimate of drug-likeness (QED) is 0.0973. The van der Waals surface area contributed by atoms with Crippen molar-refractivity contribution in [3.63, 3.8) is 0 Å². The number of hydrogen-bond donors (Lipinski definition) is 2. The molecule has 0 saturated carbocycles. The monoisotopic (exact) mass is 810 g/mol. The second-order valence-electron chi connectivity index (χ2n) is 10.3. The molecule has 12 nitrogen and oxygen atoms in total. The molecule has 0 aliphatic carbocycles. The molecule has 0 aromatic carbocycles. The van der Waals surface area contributed by atoms with Gasteiger partial charge in [0.15, 0.2) is 11.0 Å². The Morgan fingerprint density at radius 2 is 0.917 bits per heavy atom. The molecular weight excluding hydrogens is 772 g/mol. The Hall–Kier alpha value is -1.88. The summed E-state index contributed by atoms with van der Waals surface area (Å²) in [7, 11) is 2.50. The molecule has 2 unspecified atom stereocenters. The van der Waals surface area contributed by atoms with Gasteiger partial charge >= 0.3 is 0 Å². The molecule has 20 heteroatoms. The van der Waals surface area contributed by atoms with Crippen LogP contribution in [0.2, 0.25) is 0 Å². The third-order valence-corrected chi connectivity index (χ3v) is 11.7. The van der Waals surface area contributed by atoms with E-state index in [1.54, 1.807) is 0 Å². The molecule has 262 valence electrons. The van der Waals surface area contributed by atoms with Crippen LogP contribution in [0.3, 0.4) is 0 Å². The second kappa shape index (κ2) is 27.9. The Morgan fingerprint density at radius 1 is 0.604 bits per heavy atom. The number of nitrogens with one attached hydrogen (secondary N) is 2. The van der Waals surface area contributed by atoms with Crippen molar-refractivity contribution >= 4 is 123 Å². The molecule has 2 rings (SSSR count). The van der Waals surface area contributed by atoms with Gasteiger partial charge in [0.05, 0.1) is 14.7 Å². The van der Waals surface area contributed by atoms with Crippen LogP contribution < -0.4 is 10.6 Å². The zero-order valence-electron chi connectivity index (χ0n) is 26.5. The van der Waals surface area contributed by atoms with E-state index in [9.17, 15) is 38.4 Å². The first kappa shape index (κ1) is 46.1. The summed E-state index contributed by atoms with van der Waals surface area (Å²) in [5.74, 6) is -1.96. The zero-order chi connectivity index (χ0) is 36.5. The molecule has 0 saturated heterocycles. The van der Waals surface area contributed by atoms with Gasteiger partial charge in [-0.25, -0.2) is 0 Å². The second-order valence-corrected chi connectivity index (χ2v) is 16.9. The Bertz CT molecular complexity index is 1170. The molecule has 0 fully saturated rings. The van der Waals surface area contributed by atoms with E-state index in [-0.39, 0.29) is 84.3 Å². The normalized spacial score (nSPS) is 14.9. The molecule has 2 N–H and O–H groups in total. The number of imide groups is 2. The minimum absolute atomic E-state index is 0.0328. The van der Waals surface area contributed by atoms with E-state index in [1.807, 2.05) is 13.8 Å². The fourth-order valence-corrected chi connectivity index (χ4v) is 5.64. The molecule has 2 aliphatic heterocycles. The van der Waals surface area contributed by atoms with Crippen LogP contribution >= 0.6 is 28.8 Å². The van der Waals surface area contributed by atoms with E-state index in [0.717, 1.165) is 62.4 Å². The summed E-state index contributed by atoms with van der Waals surface area (Å²) < 4.78 is 0. The highest BCUT2D eigenvalue weighted by Crippen LogP contribution is 2.15. The molecule has 0 aromatic heterocycles. The van der Waals surface area contributed by atoms with Crippen molar-refractivity contribution in [2.24, 2.45) is 11.8 Å². The molecule has 0 aromatic rings. The number of nitrogens with zero attached hydrogens (tertiary/aromatic N) is 2. The summed E-state index contributed by atoms with van der Waals surface area (Å²) in [6.07, 6.45) is 9.76. The Balaban J connectivity index is 0.000000827. The van der Waals surface area contributed by atoms with Crippen LogP contribution in [-0.4, -0.2) is 82.5 Å². The lowest BCUT2D eigenvalue weighted by Gasteiger charge is -2.13. The fraction of sp³-hybridized carbons (Fsp3) is 0.571. The van der Waals surface area contributed by atoms with Gasteiger partial charge in [0.2, 0.25) is 11.8 Å². The minimum Gasteiger partial charge on any atom is -0.356 e. The van der Waals surface area contributed by atoms with Gasteiger partial charge in [-0.1, -0.05) is 26.7 Å². The van der Waals surface area contributed by atoms with Crippen molar-refractivity contribution in [3.05, 3.63) is 24.3 Å².